The Balaban J connectivity index is 1.84. The summed E-state index contributed by atoms with van der Waals surface area (Å²) in [5.41, 5.74) is 0.855. The Morgan fingerprint density at radius 3 is 3.06 bits per heavy atom. The summed E-state index contributed by atoms with van der Waals surface area (Å²) in [4.78, 5) is 15.8. The second-order valence-corrected chi connectivity index (χ2v) is 4.65. The van der Waals surface area contributed by atoms with Gasteiger partial charge in [-0.2, -0.15) is 0 Å². The first-order valence-electron chi connectivity index (χ1n) is 5.46. The SMILES string of the molecule is O=C(O)CCCCc1nc(-c2cccs2)co1. The quantitative estimate of drug-likeness (QED) is 0.801. The minimum atomic E-state index is -0.753. The molecule has 0 radical (unpaired) electrons. The summed E-state index contributed by atoms with van der Waals surface area (Å²) in [6, 6.07) is 3.97. The van der Waals surface area contributed by atoms with Crippen molar-refractivity contribution in [2.75, 3.05) is 0 Å². The van der Waals surface area contributed by atoms with Crippen LogP contribution in [-0.4, -0.2) is 16.1 Å². The van der Waals surface area contributed by atoms with E-state index in [-0.39, 0.29) is 6.42 Å². The molecule has 0 aliphatic carbocycles. The van der Waals surface area contributed by atoms with E-state index < -0.39 is 5.97 Å². The van der Waals surface area contributed by atoms with Gasteiger partial charge in [-0.25, -0.2) is 4.98 Å². The van der Waals surface area contributed by atoms with Crippen LogP contribution in [0, 0.1) is 0 Å². The maximum absolute atomic E-state index is 10.3. The van der Waals surface area contributed by atoms with Crippen LogP contribution in [0.1, 0.15) is 25.2 Å². The number of aromatic nitrogens is 1. The monoisotopic (exact) mass is 251 g/mol. The standard InChI is InChI=1S/C12H13NO3S/c14-12(15)6-2-1-5-11-13-9(8-16-11)10-4-3-7-17-10/h3-4,7-8H,1-2,5-6H2,(H,14,15). The molecule has 2 aromatic heterocycles. The molecule has 17 heavy (non-hydrogen) atoms. The highest BCUT2D eigenvalue weighted by molar-refractivity contribution is 7.13. The van der Waals surface area contributed by atoms with Crippen molar-refractivity contribution in [2.24, 2.45) is 0 Å². The van der Waals surface area contributed by atoms with Gasteiger partial charge >= 0.3 is 5.97 Å². The summed E-state index contributed by atoms with van der Waals surface area (Å²) in [6.45, 7) is 0. The van der Waals surface area contributed by atoms with Crippen molar-refractivity contribution in [2.45, 2.75) is 25.7 Å². The zero-order chi connectivity index (χ0) is 12.1. The zero-order valence-electron chi connectivity index (χ0n) is 9.26. The minimum Gasteiger partial charge on any atom is -0.481 e. The molecule has 2 rings (SSSR count). The number of aliphatic carboxylic acids is 1. The summed E-state index contributed by atoms with van der Waals surface area (Å²) in [7, 11) is 0. The number of unbranched alkanes of at least 4 members (excludes halogenated alkanes) is 1. The predicted molar refractivity (Wildman–Crippen MR) is 65.0 cm³/mol. The Morgan fingerprint density at radius 1 is 1.47 bits per heavy atom. The molecule has 0 amide bonds. The van der Waals surface area contributed by atoms with E-state index in [0.29, 0.717) is 18.7 Å². The highest BCUT2D eigenvalue weighted by Gasteiger charge is 2.07. The summed E-state index contributed by atoms with van der Waals surface area (Å²) < 4.78 is 5.34. The Morgan fingerprint density at radius 2 is 2.35 bits per heavy atom. The maximum Gasteiger partial charge on any atom is 0.303 e. The molecular formula is C12H13NO3S. The van der Waals surface area contributed by atoms with E-state index in [0.717, 1.165) is 17.0 Å². The van der Waals surface area contributed by atoms with Gasteiger partial charge in [0, 0.05) is 12.8 Å². The van der Waals surface area contributed by atoms with E-state index in [1.165, 1.54) is 0 Å². The van der Waals surface area contributed by atoms with Gasteiger partial charge in [0.1, 0.15) is 12.0 Å². The van der Waals surface area contributed by atoms with Gasteiger partial charge in [-0.1, -0.05) is 6.07 Å². The van der Waals surface area contributed by atoms with Crippen molar-refractivity contribution < 1.29 is 14.3 Å². The van der Waals surface area contributed by atoms with Gasteiger partial charge in [-0.3, -0.25) is 4.79 Å². The molecular weight excluding hydrogens is 238 g/mol. The highest BCUT2D eigenvalue weighted by atomic mass is 32.1. The molecule has 2 heterocycles. The fraction of sp³-hybridized carbons (Fsp3) is 0.333. The smallest absolute Gasteiger partial charge is 0.303 e. The van der Waals surface area contributed by atoms with Gasteiger partial charge < -0.3 is 9.52 Å². The van der Waals surface area contributed by atoms with Gasteiger partial charge in [0.15, 0.2) is 5.89 Å². The van der Waals surface area contributed by atoms with Gasteiger partial charge in [0.05, 0.1) is 4.88 Å². The third-order valence-corrected chi connectivity index (χ3v) is 3.25. The first-order valence-corrected chi connectivity index (χ1v) is 6.34. The molecule has 4 nitrogen and oxygen atoms in total. The number of thiophene rings is 1. The lowest BCUT2D eigenvalue weighted by molar-refractivity contribution is -0.137. The number of rotatable bonds is 6. The molecule has 0 atom stereocenters. The van der Waals surface area contributed by atoms with Crippen LogP contribution in [0.25, 0.3) is 10.6 Å². The maximum atomic E-state index is 10.3. The van der Waals surface area contributed by atoms with E-state index in [1.54, 1.807) is 17.6 Å². The number of carbonyl (C=O) groups is 1. The molecule has 0 unspecified atom stereocenters. The van der Waals surface area contributed by atoms with E-state index >= 15 is 0 Å². The highest BCUT2D eigenvalue weighted by Crippen LogP contribution is 2.24. The lowest BCUT2D eigenvalue weighted by atomic mass is 10.2. The molecule has 0 aliphatic rings. The molecule has 0 saturated carbocycles. The second kappa shape index (κ2) is 5.63. The molecule has 90 valence electrons. The first-order chi connectivity index (χ1) is 8.25. The number of hydrogen-bond acceptors (Lipinski definition) is 4. The van der Waals surface area contributed by atoms with Crippen molar-refractivity contribution in [1.82, 2.24) is 4.98 Å². The Kier molecular flexibility index (Phi) is 3.93. The Hall–Kier alpha value is -1.62. The molecule has 0 spiro atoms. The average Bonchev–Trinajstić information content (AvgIpc) is 2.94. The van der Waals surface area contributed by atoms with Crippen molar-refractivity contribution in [1.29, 1.82) is 0 Å². The van der Waals surface area contributed by atoms with Crippen molar-refractivity contribution in [3.8, 4) is 10.6 Å². The summed E-state index contributed by atoms with van der Waals surface area (Å²) in [5.74, 6) is -0.0736. The van der Waals surface area contributed by atoms with Crippen molar-refractivity contribution >= 4 is 17.3 Å². The summed E-state index contributed by atoms with van der Waals surface area (Å²) >= 11 is 1.62. The number of oxazole rings is 1. The third kappa shape index (κ3) is 3.42. The minimum absolute atomic E-state index is 0.207. The second-order valence-electron chi connectivity index (χ2n) is 3.70. The van der Waals surface area contributed by atoms with Crippen LogP contribution in [0.2, 0.25) is 0 Å². The van der Waals surface area contributed by atoms with Gasteiger partial charge in [-0.15, -0.1) is 11.3 Å². The molecule has 1 N–H and O–H groups in total. The topological polar surface area (TPSA) is 63.3 Å². The summed E-state index contributed by atoms with van der Waals surface area (Å²) in [6.07, 6.45) is 4.00. The number of nitrogens with zero attached hydrogens (tertiary/aromatic N) is 1. The van der Waals surface area contributed by atoms with Crippen LogP contribution in [0.5, 0.6) is 0 Å². The van der Waals surface area contributed by atoms with Crippen LogP contribution in [-0.2, 0) is 11.2 Å². The molecule has 0 saturated heterocycles. The lowest BCUT2D eigenvalue weighted by Crippen LogP contribution is -1.95. The molecule has 0 bridgehead atoms. The van der Waals surface area contributed by atoms with Crippen molar-refractivity contribution in [3.05, 3.63) is 29.7 Å². The van der Waals surface area contributed by atoms with Crippen LogP contribution >= 0.6 is 11.3 Å². The Labute approximate surface area is 103 Å². The molecule has 2 aromatic rings. The fourth-order valence-electron chi connectivity index (χ4n) is 1.52. The van der Waals surface area contributed by atoms with Crippen LogP contribution in [0.3, 0.4) is 0 Å². The van der Waals surface area contributed by atoms with E-state index in [4.69, 9.17) is 9.52 Å². The van der Waals surface area contributed by atoms with Gasteiger partial charge in [-0.05, 0) is 24.3 Å². The zero-order valence-corrected chi connectivity index (χ0v) is 10.1. The largest absolute Gasteiger partial charge is 0.481 e. The molecule has 0 aromatic carbocycles. The third-order valence-electron chi connectivity index (χ3n) is 2.36. The molecule has 0 aliphatic heterocycles. The number of aryl methyl sites for hydroxylation is 1. The molecule has 0 fully saturated rings. The molecule has 5 heteroatoms. The van der Waals surface area contributed by atoms with Gasteiger partial charge in [0.25, 0.3) is 0 Å². The lowest BCUT2D eigenvalue weighted by Gasteiger charge is -1.94. The number of carboxylic acid groups (broad SMARTS) is 1. The normalized spacial score (nSPS) is 10.6. The fourth-order valence-corrected chi connectivity index (χ4v) is 2.19. The van der Waals surface area contributed by atoms with E-state index in [9.17, 15) is 4.79 Å². The predicted octanol–water partition coefficient (Wildman–Crippen LogP) is 3.20. The number of carboxylic acids is 1. The average molecular weight is 251 g/mol. The Bertz CT molecular complexity index is 476. The first kappa shape index (κ1) is 11.9. The van der Waals surface area contributed by atoms with Gasteiger partial charge in [0.2, 0.25) is 0 Å². The van der Waals surface area contributed by atoms with Crippen LogP contribution < -0.4 is 0 Å². The summed E-state index contributed by atoms with van der Waals surface area (Å²) in [5, 5.41) is 10.5. The van der Waals surface area contributed by atoms with E-state index in [2.05, 4.69) is 4.98 Å². The van der Waals surface area contributed by atoms with Crippen LogP contribution in [0.15, 0.2) is 28.2 Å². The van der Waals surface area contributed by atoms with Crippen LogP contribution in [0.4, 0.5) is 0 Å². The number of hydrogen-bond donors (Lipinski definition) is 1. The van der Waals surface area contributed by atoms with E-state index in [1.807, 2.05) is 17.5 Å². The van der Waals surface area contributed by atoms with Crippen molar-refractivity contribution in [3.63, 3.8) is 0 Å².